The van der Waals surface area contributed by atoms with Crippen LogP contribution < -0.4 is 0 Å². The second kappa shape index (κ2) is 4.07. The topological polar surface area (TPSA) is 20.2 Å². The Labute approximate surface area is 112 Å². The van der Waals surface area contributed by atoms with Crippen molar-refractivity contribution in [2.45, 2.75) is 25.4 Å². The van der Waals surface area contributed by atoms with Gasteiger partial charge in [-0.3, -0.25) is 0 Å². The van der Waals surface area contributed by atoms with Crippen molar-refractivity contribution in [1.82, 2.24) is 0 Å². The Bertz CT molecular complexity index is 773. The van der Waals surface area contributed by atoms with Crippen LogP contribution in [-0.4, -0.2) is 5.11 Å². The van der Waals surface area contributed by atoms with Gasteiger partial charge in [-0.15, -0.1) is 0 Å². The van der Waals surface area contributed by atoms with Crippen LogP contribution in [0.3, 0.4) is 0 Å². The highest BCUT2D eigenvalue weighted by Gasteiger charge is 2.20. The molecule has 0 saturated heterocycles. The SMILES string of the molecule is OC1CCCc2ccc3cc4ccccc4cc3c21. The Balaban J connectivity index is 2.12. The molecule has 0 saturated carbocycles. The van der Waals surface area contributed by atoms with Crippen LogP contribution in [0.4, 0.5) is 0 Å². The lowest BCUT2D eigenvalue weighted by Crippen LogP contribution is -2.09. The van der Waals surface area contributed by atoms with Crippen LogP contribution in [0.15, 0.2) is 48.5 Å². The molecule has 3 aromatic carbocycles. The molecule has 1 unspecified atom stereocenters. The van der Waals surface area contributed by atoms with Gasteiger partial charge in [0, 0.05) is 0 Å². The van der Waals surface area contributed by atoms with Crippen LogP contribution in [0.5, 0.6) is 0 Å². The Morgan fingerprint density at radius 2 is 1.68 bits per heavy atom. The Kier molecular flexibility index (Phi) is 2.36. The number of hydrogen-bond acceptors (Lipinski definition) is 1. The summed E-state index contributed by atoms with van der Waals surface area (Å²) in [5.41, 5.74) is 2.48. The van der Waals surface area contributed by atoms with Crippen molar-refractivity contribution in [3.63, 3.8) is 0 Å². The molecule has 0 radical (unpaired) electrons. The van der Waals surface area contributed by atoms with E-state index >= 15 is 0 Å². The minimum atomic E-state index is -0.298. The van der Waals surface area contributed by atoms with Crippen molar-refractivity contribution in [3.8, 4) is 0 Å². The van der Waals surface area contributed by atoms with Gasteiger partial charge in [-0.25, -0.2) is 0 Å². The average molecular weight is 248 g/mol. The van der Waals surface area contributed by atoms with Crippen LogP contribution in [0, 0.1) is 0 Å². The van der Waals surface area contributed by atoms with Crippen LogP contribution in [0.1, 0.15) is 30.1 Å². The fourth-order valence-electron chi connectivity index (χ4n) is 3.32. The van der Waals surface area contributed by atoms with Crippen molar-refractivity contribution >= 4 is 21.5 Å². The standard InChI is InChI=1S/C18H16O/c19-17-7-3-6-12-8-9-15-10-13-4-1-2-5-14(13)11-16(15)18(12)17/h1-2,4-5,8-11,17,19H,3,6-7H2. The zero-order valence-corrected chi connectivity index (χ0v) is 10.8. The summed E-state index contributed by atoms with van der Waals surface area (Å²) in [6, 6.07) is 17.3. The van der Waals surface area contributed by atoms with Gasteiger partial charge < -0.3 is 5.11 Å². The Hall–Kier alpha value is -1.86. The zero-order chi connectivity index (χ0) is 12.8. The maximum Gasteiger partial charge on any atom is 0.0798 e. The lowest BCUT2D eigenvalue weighted by molar-refractivity contribution is 0.158. The number of hydrogen-bond donors (Lipinski definition) is 1. The number of aliphatic hydroxyl groups is 1. The molecule has 0 spiro atoms. The Morgan fingerprint density at radius 1 is 0.895 bits per heavy atom. The highest BCUT2D eigenvalue weighted by molar-refractivity contribution is 6.00. The van der Waals surface area contributed by atoms with Gasteiger partial charge in [0.05, 0.1) is 6.10 Å². The molecule has 1 N–H and O–H groups in total. The van der Waals surface area contributed by atoms with Gasteiger partial charge in [0.15, 0.2) is 0 Å². The van der Waals surface area contributed by atoms with Crippen LogP contribution in [-0.2, 0) is 6.42 Å². The van der Waals surface area contributed by atoms with E-state index < -0.39 is 0 Å². The van der Waals surface area contributed by atoms with Crippen molar-refractivity contribution in [3.05, 3.63) is 59.7 Å². The molecule has 1 aliphatic carbocycles. The van der Waals surface area contributed by atoms with Gasteiger partial charge in [0.2, 0.25) is 0 Å². The van der Waals surface area contributed by atoms with Crippen molar-refractivity contribution < 1.29 is 5.11 Å². The second-order valence-corrected chi connectivity index (χ2v) is 5.47. The molecule has 1 aliphatic rings. The van der Waals surface area contributed by atoms with E-state index in [0.29, 0.717) is 0 Å². The highest BCUT2D eigenvalue weighted by atomic mass is 16.3. The average Bonchev–Trinajstić information content (AvgIpc) is 2.45. The van der Waals surface area contributed by atoms with Gasteiger partial charge in [-0.2, -0.15) is 0 Å². The molecule has 0 heterocycles. The van der Waals surface area contributed by atoms with Gasteiger partial charge in [0.1, 0.15) is 0 Å². The van der Waals surface area contributed by atoms with E-state index in [0.717, 1.165) is 24.8 Å². The molecule has 1 atom stereocenters. The van der Waals surface area contributed by atoms with E-state index in [2.05, 4.69) is 48.5 Å². The van der Waals surface area contributed by atoms with Gasteiger partial charge in [-0.1, -0.05) is 36.4 Å². The molecule has 0 fully saturated rings. The maximum atomic E-state index is 10.3. The van der Waals surface area contributed by atoms with E-state index in [9.17, 15) is 5.11 Å². The third kappa shape index (κ3) is 1.66. The third-order valence-corrected chi connectivity index (χ3v) is 4.27. The summed E-state index contributed by atoms with van der Waals surface area (Å²) in [6.45, 7) is 0. The molecule has 0 bridgehead atoms. The highest BCUT2D eigenvalue weighted by Crippen LogP contribution is 2.36. The second-order valence-electron chi connectivity index (χ2n) is 5.47. The summed E-state index contributed by atoms with van der Waals surface area (Å²) in [4.78, 5) is 0. The van der Waals surface area contributed by atoms with E-state index in [-0.39, 0.29) is 6.10 Å². The minimum Gasteiger partial charge on any atom is -0.388 e. The molecule has 0 aromatic heterocycles. The van der Waals surface area contributed by atoms with Crippen LogP contribution in [0.2, 0.25) is 0 Å². The molecule has 94 valence electrons. The van der Waals surface area contributed by atoms with E-state index in [1.807, 2.05) is 0 Å². The minimum absolute atomic E-state index is 0.298. The van der Waals surface area contributed by atoms with E-state index in [4.69, 9.17) is 0 Å². The molecule has 0 aliphatic heterocycles. The summed E-state index contributed by atoms with van der Waals surface area (Å²) in [5, 5.41) is 15.3. The zero-order valence-electron chi connectivity index (χ0n) is 10.8. The fraction of sp³-hybridized carbons (Fsp3) is 0.222. The number of fused-ring (bicyclic) bond motifs is 4. The molecule has 3 aromatic rings. The molecule has 1 heteroatoms. The Morgan fingerprint density at radius 3 is 2.53 bits per heavy atom. The quantitative estimate of drug-likeness (QED) is 0.586. The van der Waals surface area contributed by atoms with Crippen LogP contribution >= 0.6 is 0 Å². The maximum absolute atomic E-state index is 10.3. The molecule has 0 amide bonds. The van der Waals surface area contributed by atoms with E-state index in [1.54, 1.807) is 0 Å². The van der Waals surface area contributed by atoms with Crippen molar-refractivity contribution in [2.24, 2.45) is 0 Å². The predicted octanol–water partition coefficient (Wildman–Crippen LogP) is 4.36. The lowest BCUT2D eigenvalue weighted by atomic mass is 9.85. The smallest absolute Gasteiger partial charge is 0.0798 e. The number of aliphatic hydroxyl groups excluding tert-OH is 1. The van der Waals surface area contributed by atoms with Crippen LogP contribution in [0.25, 0.3) is 21.5 Å². The summed E-state index contributed by atoms with van der Waals surface area (Å²) in [6.07, 6.45) is 2.77. The first-order chi connectivity index (χ1) is 9.33. The summed E-state index contributed by atoms with van der Waals surface area (Å²) < 4.78 is 0. The van der Waals surface area contributed by atoms with Gasteiger partial charge in [-0.05, 0) is 64.1 Å². The number of rotatable bonds is 0. The molecule has 1 nitrogen and oxygen atoms in total. The molecular formula is C18H16O. The van der Waals surface area contributed by atoms with Crippen molar-refractivity contribution in [1.29, 1.82) is 0 Å². The number of benzene rings is 3. The van der Waals surface area contributed by atoms with Crippen molar-refractivity contribution in [2.75, 3.05) is 0 Å². The molecule has 4 rings (SSSR count). The van der Waals surface area contributed by atoms with Gasteiger partial charge >= 0.3 is 0 Å². The lowest BCUT2D eigenvalue weighted by Gasteiger charge is -2.23. The summed E-state index contributed by atoms with van der Waals surface area (Å²) in [7, 11) is 0. The first-order valence-electron chi connectivity index (χ1n) is 6.95. The number of aryl methyl sites for hydroxylation is 1. The summed E-state index contributed by atoms with van der Waals surface area (Å²) >= 11 is 0. The van der Waals surface area contributed by atoms with E-state index in [1.165, 1.54) is 27.1 Å². The first-order valence-corrected chi connectivity index (χ1v) is 6.95. The largest absolute Gasteiger partial charge is 0.388 e. The fourth-order valence-corrected chi connectivity index (χ4v) is 3.32. The normalized spacial score (nSPS) is 18.7. The monoisotopic (exact) mass is 248 g/mol. The van der Waals surface area contributed by atoms with Gasteiger partial charge in [0.25, 0.3) is 0 Å². The summed E-state index contributed by atoms with van der Waals surface area (Å²) in [5.74, 6) is 0. The first kappa shape index (κ1) is 11.0. The predicted molar refractivity (Wildman–Crippen MR) is 79.4 cm³/mol. The molecule has 19 heavy (non-hydrogen) atoms. The molecular weight excluding hydrogens is 232 g/mol. The third-order valence-electron chi connectivity index (χ3n) is 4.27.